The van der Waals surface area contributed by atoms with Gasteiger partial charge in [0.15, 0.2) is 5.78 Å². The number of Topliss-reactive ketones (excluding diaryl/α,β-unsaturated/α-hetero) is 1. The molecule has 0 atom stereocenters. The summed E-state index contributed by atoms with van der Waals surface area (Å²) in [5.74, 6) is -0.849. The third kappa shape index (κ3) is 5.31. The van der Waals surface area contributed by atoms with E-state index in [1.807, 2.05) is 6.92 Å². The first-order valence-corrected chi connectivity index (χ1v) is 10.6. The van der Waals surface area contributed by atoms with Gasteiger partial charge in [0.05, 0.1) is 11.1 Å². The number of unbranched alkanes of at least 4 members (excludes halogenated alkanes) is 2. The summed E-state index contributed by atoms with van der Waals surface area (Å²) in [6, 6.07) is 4.15. The van der Waals surface area contributed by atoms with Crippen molar-refractivity contribution in [1.29, 1.82) is 0 Å². The average Bonchev–Trinajstić information content (AvgIpc) is 3.20. The Labute approximate surface area is 186 Å². The van der Waals surface area contributed by atoms with Crippen LogP contribution in [0.4, 0.5) is 10.1 Å². The normalized spacial score (nSPS) is 13.9. The standard InChI is InChI=1S/C24H28FN3O4/c1-14-21(12-19-18-11-16(25)8-9-20(18)28-23(19)30)27-15(2)22(14)24(31)26-10-6-4-5-7-17(29)13-32-3/h8-9,11-12,27H,4-7,10,13H2,1-3H3,(H,26,31)(H,28,30)/b19-12-. The zero-order valence-electron chi connectivity index (χ0n) is 18.6. The van der Waals surface area contributed by atoms with Crippen molar-refractivity contribution >= 4 is 34.9 Å². The van der Waals surface area contributed by atoms with Crippen LogP contribution in [0.15, 0.2) is 18.2 Å². The lowest BCUT2D eigenvalue weighted by Crippen LogP contribution is -2.25. The fraction of sp³-hybridized carbons (Fsp3) is 0.375. The molecule has 32 heavy (non-hydrogen) atoms. The fourth-order valence-electron chi connectivity index (χ4n) is 3.85. The number of fused-ring (bicyclic) bond motifs is 1. The molecule has 2 heterocycles. The predicted molar refractivity (Wildman–Crippen MR) is 121 cm³/mol. The minimum absolute atomic E-state index is 0.0815. The number of benzene rings is 1. The van der Waals surface area contributed by atoms with Gasteiger partial charge in [0.2, 0.25) is 0 Å². The van der Waals surface area contributed by atoms with Crippen LogP contribution in [0.25, 0.3) is 11.6 Å². The lowest BCUT2D eigenvalue weighted by atomic mass is 10.0. The highest BCUT2D eigenvalue weighted by atomic mass is 19.1. The molecule has 0 fully saturated rings. The molecule has 1 aliphatic rings. The number of hydrogen-bond acceptors (Lipinski definition) is 4. The summed E-state index contributed by atoms with van der Waals surface area (Å²) in [7, 11) is 1.50. The summed E-state index contributed by atoms with van der Waals surface area (Å²) < 4.78 is 18.5. The van der Waals surface area contributed by atoms with E-state index >= 15 is 0 Å². The molecule has 1 aliphatic heterocycles. The monoisotopic (exact) mass is 441 g/mol. The number of H-pyrrole nitrogens is 1. The highest BCUT2D eigenvalue weighted by Crippen LogP contribution is 2.34. The Hall–Kier alpha value is -3.26. The Morgan fingerprint density at radius 2 is 1.97 bits per heavy atom. The Balaban J connectivity index is 1.64. The van der Waals surface area contributed by atoms with E-state index in [1.54, 1.807) is 13.0 Å². The summed E-state index contributed by atoms with van der Waals surface area (Å²) in [5.41, 5.74) is 3.97. The first-order chi connectivity index (χ1) is 15.3. The van der Waals surface area contributed by atoms with Crippen LogP contribution >= 0.6 is 0 Å². The third-order valence-corrected chi connectivity index (χ3v) is 5.48. The Morgan fingerprint density at radius 1 is 1.19 bits per heavy atom. The summed E-state index contributed by atoms with van der Waals surface area (Å²) >= 11 is 0. The van der Waals surface area contributed by atoms with Gasteiger partial charge in [-0.25, -0.2) is 4.39 Å². The van der Waals surface area contributed by atoms with E-state index in [2.05, 4.69) is 15.6 Å². The van der Waals surface area contributed by atoms with E-state index in [0.717, 1.165) is 24.8 Å². The fourth-order valence-corrected chi connectivity index (χ4v) is 3.85. The summed E-state index contributed by atoms with van der Waals surface area (Å²) in [4.78, 5) is 39.7. The molecule has 1 aromatic heterocycles. The van der Waals surface area contributed by atoms with Crippen molar-refractivity contribution in [3.8, 4) is 0 Å². The largest absolute Gasteiger partial charge is 0.377 e. The number of ether oxygens (including phenoxy) is 1. The molecule has 1 aromatic carbocycles. The second-order valence-electron chi connectivity index (χ2n) is 7.90. The Bertz CT molecular complexity index is 1070. The number of halogens is 1. The summed E-state index contributed by atoms with van der Waals surface area (Å²) in [6.45, 7) is 4.26. The molecule has 2 aromatic rings. The Morgan fingerprint density at radius 3 is 2.72 bits per heavy atom. The predicted octanol–water partition coefficient (Wildman–Crippen LogP) is 3.77. The quantitative estimate of drug-likeness (QED) is 0.386. The van der Waals surface area contributed by atoms with Gasteiger partial charge < -0.3 is 20.4 Å². The molecule has 0 unspecified atom stereocenters. The molecule has 0 saturated heterocycles. The van der Waals surface area contributed by atoms with Crippen LogP contribution in [0.2, 0.25) is 0 Å². The second-order valence-corrected chi connectivity index (χ2v) is 7.90. The van der Waals surface area contributed by atoms with Crippen LogP contribution < -0.4 is 10.6 Å². The molecular formula is C24H28FN3O4. The second kappa shape index (κ2) is 10.4. The number of carbonyl (C=O) groups excluding carboxylic acids is 3. The van der Waals surface area contributed by atoms with Gasteiger partial charge in [0.25, 0.3) is 11.8 Å². The van der Waals surface area contributed by atoms with Gasteiger partial charge in [-0.15, -0.1) is 0 Å². The van der Waals surface area contributed by atoms with Gasteiger partial charge in [-0.3, -0.25) is 14.4 Å². The van der Waals surface area contributed by atoms with Gasteiger partial charge in [-0.05, 0) is 56.5 Å². The minimum atomic E-state index is -0.423. The average molecular weight is 442 g/mol. The lowest BCUT2D eigenvalue weighted by Gasteiger charge is -2.06. The minimum Gasteiger partial charge on any atom is -0.377 e. The molecule has 170 valence electrons. The zero-order chi connectivity index (χ0) is 23.3. The first-order valence-electron chi connectivity index (χ1n) is 10.6. The van der Waals surface area contributed by atoms with Crippen LogP contribution in [-0.4, -0.2) is 42.8 Å². The maximum absolute atomic E-state index is 13.7. The number of aryl methyl sites for hydroxylation is 1. The molecular weight excluding hydrogens is 413 g/mol. The first kappa shape index (κ1) is 23.4. The van der Waals surface area contributed by atoms with Crippen LogP contribution in [-0.2, 0) is 14.3 Å². The molecule has 3 N–H and O–H groups in total. The van der Waals surface area contributed by atoms with E-state index in [4.69, 9.17) is 4.74 Å². The molecule has 0 aliphatic carbocycles. The van der Waals surface area contributed by atoms with E-state index in [1.165, 1.54) is 25.3 Å². The van der Waals surface area contributed by atoms with Crippen LogP contribution in [0.5, 0.6) is 0 Å². The van der Waals surface area contributed by atoms with E-state index in [9.17, 15) is 18.8 Å². The number of aromatic nitrogens is 1. The molecule has 8 heteroatoms. The van der Waals surface area contributed by atoms with E-state index in [-0.39, 0.29) is 24.2 Å². The number of rotatable bonds is 10. The maximum atomic E-state index is 13.7. The van der Waals surface area contributed by atoms with Crippen LogP contribution in [0, 0.1) is 19.7 Å². The molecule has 2 amide bonds. The number of hydrogen-bond donors (Lipinski definition) is 3. The van der Waals surface area contributed by atoms with Crippen molar-refractivity contribution < 1.29 is 23.5 Å². The number of carbonyl (C=O) groups is 3. The van der Waals surface area contributed by atoms with Gasteiger partial charge in [0.1, 0.15) is 12.4 Å². The molecule has 3 rings (SSSR count). The molecule has 7 nitrogen and oxygen atoms in total. The van der Waals surface area contributed by atoms with Crippen molar-refractivity contribution in [3.63, 3.8) is 0 Å². The number of ketones is 1. The molecule has 0 spiro atoms. The highest BCUT2D eigenvalue weighted by molar-refractivity contribution is 6.34. The maximum Gasteiger partial charge on any atom is 0.256 e. The Kier molecular flexibility index (Phi) is 7.58. The van der Waals surface area contributed by atoms with Crippen molar-refractivity contribution in [2.75, 3.05) is 25.6 Å². The summed E-state index contributed by atoms with van der Waals surface area (Å²) in [6.07, 6.45) is 4.51. The highest BCUT2D eigenvalue weighted by Gasteiger charge is 2.26. The van der Waals surface area contributed by atoms with Crippen molar-refractivity contribution in [3.05, 3.63) is 52.1 Å². The molecule has 0 bridgehead atoms. The van der Waals surface area contributed by atoms with Crippen LogP contribution in [0.1, 0.15) is 58.6 Å². The number of nitrogens with one attached hydrogen (secondary N) is 3. The van der Waals surface area contributed by atoms with Gasteiger partial charge in [-0.2, -0.15) is 0 Å². The van der Waals surface area contributed by atoms with Crippen molar-refractivity contribution in [2.45, 2.75) is 39.5 Å². The number of methoxy groups -OCH3 is 1. The van der Waals surface area contributed by atoms with Crippen molar-refractivity contribution in [2.24, 2.45) is 0 Å². The number of anilines is 1. The van der Waals surface area contributed by atoms with Gasteiger partial charge >= 0.3 is 0 Å². The van der Waals surface area contributed by atoms with E-state index < -0.39 is 5.82 Å². The smallest absolute Gasteiger partial charge is 0.256 e. The zero-order valence-corrected chi connectivity index (χ0v) is 18.6. The van der Waals surface area contributed by atoms with Crippen LogP contribution in [0.3, 0.4) is 0 Å². The number of amides is 2. The number of aromatic amines is 1. The van der Waals surface area contributed by atoms with Crippen molar-refractivity contribution in [1.82, 2.24) is 10.3 Å². The third-order valence-electron chi connectivity index (χ3n) is 5.48. The van der Waals surface area contributed by atoms with Gasteiger partial charge in [-0.1, -0.05) is 6.42 Å². The van der Waals surface area contributed by atoms with Gasteiger partial charge in [0, 0.05) is 42.7 Å². The lowest BCUT2D eigenvalue weighted by molar-refractivity contribution is -0.122. The summed E-state index contributed by atoms with van der Waals surface area (Å²) in [5, 5.41) is 5.64. The molecule has 0 saturated carbocycles. The SMILES string of the molecule is COCC(=O)CCCCCNC(=O)c1c(C)[nH]c(/C=C2\C(=O)Nc3ccc(F)cc32)c1C. The molecule has 0 radical (unpaired) electrons. The topological polar surface area (TPSA) is 100 Å². The van der Waals surface area contributed by atoms with E-state index in [0.29, 0.717) is 46.7 Å².